The van der Waals surface area contributed by atoms with Crippen LogP contribution in [0.4, 0.5) is 5.82 Å². The predicted octanol–water partition coefficient (Wildman–Crippen LogP) is 8.97. The lowest BCUT2D eigenvalue weighted by Gasteiger charge is -2.12. The summed E-state index contributed by atoms with van der Waals surface area (Å²) in [6.07, 6.45) is 10.7. The highest BCUT2D eigenvalue weighted by Crippen LogP contribution is 2.26. The predicted molar refractivity (Wildman–Crippen MR) is 203 cm³/mol. The molecule has 1 unspecified atom stereocenters. The molecule has 0 aliphatic heterocycles. The fourth-order valence-electron chi connectivity index (χ4n) is 4.25. The third kappa shape index (κ3) is 13.1. The molecule has 0 fully saturated rings. The van der Waals surface area contributed by atoms with Gasteiger partial charge in [-0.25, -0.2) is 4.98 Å². The number of rotatable bonds is 8. The third-order valence-corrected chi connectivity index (χ3v) is 6.55. The van der Waals surface area contributed by atoms with Crippen LogP contribution in [-0.4, -0.2) is 27.9 Å². The van der Waals surface area contributed by atoms with Crippen LogP contribution in [0.5, 0.6) is 0 Å². The maximum atomic E-state index is 10.3. The smallest absolute Gasteiger partial charge is 0.160 e. The van der Waals surface area contributed by atoms with E-state index < -0.39 is 0 Å². The molecule has 0 radical (unpaired) electrons. The van der Waals surface area contributed by atoms with Crippen molar-refractivity contribution in [1.82, 2.24) is 19.9 Å². The van der Waals surface area contributed by atoms with Gasteiger partial charge in [-0.15, -0.1) is 26.0 Å². The third-order valence-electron chi connectivity index (χ3n) is 6.55. The summed E-state index contributed by atoms with van der Waals surface area (Å²) in [6.45, 7) is 21.7. The van der Waals surface area contributed by atoms with Gasteiger partial charge in [0.2, 0.25) is 0 Å². The summed E-state index contributed by atoms with van der Waals surface area (Å²) in [7, 11) is 1.96. The molecular weight excluding hydrogens is 580 g/mol. The van der Waals surface area contributed by atoms with E-state index in [-0.39, 0.29) is 6.04 Å². The van der Waals surface area contributed by atoms with Crippen LogP contribution in [0.25, 0.3) is 16.9 Å². The molecule has 47 heavy (non-hydrogen) atoms. The first-order valence-corrected chi connectivity index (χ1v) is 15.9. The highest BCUT2D eigenvalue weighted by atomic mass is 16.1. The molecule has 0 aliphatic carbocycles. The average molecular weight is 635 g/mol. The van der Waals surface area contributed by atoms with Gasteiger partial charge >= 0.3 is 0 Å². The van der Waals surface area contributed by atoms with Crippen LogP contribution in [0.2, 0.25) is 0 Å². The van der Waals surface area contributed by atoms with Gasteiger partial charge in [-0.2, -0.15) is 9.61 Å². The number of fused-ring (bicyclic) bond motifs is 1. The van der Waals surface area contributed by atoms with Crippen molar-refractivity contribution in [2.24, 2.45) is 5.73 Å². The van der Waals surface area contributed by atoms with E-state index in [4.69, 9.17) is 10.7 Å². The van der Waals surface area contributed by atoms with Crippen LogP contribution in [0.3, 0.4) is 0 Å². The molecule has 0 spiro atoms. The van der Waals surface area contributed by atoms with Gasteiger partial charge in [0.15, 0.2) is 5.65 Å². The van der Waals surface area contributed by atoms with Crippen molar-refractivity contribution >= 4 is 17.8 Å². The maximum Gasteiger partial charge on any atom is 0.160 e. The first-order valence-electron chi connectivity index (χ1n) is 15.9. The van der Waals surface area contributed by atoms with Crippen molar-refractivity contribution < 1.29 is 4.79 Å². The summed E-state index contributed by atoms with van der Waals surface area (Å²) in [5, 5.41) is 11.2. The van der Waals surface area contributed by atoms with Gasteiger partial charge in [0, 0.05) is 41.9 Å². The topological polar surface area (TPSA) is 97.3 Å². The van der Waals surface area contributed by atoms with Gasteiger partial charge in [0.05, 0.1) is 11.9 Å². The molecule has 0 aliphatic rings. The molecule has 7 heteroatoms. The number of carbonyl (C=O) groups is 1. The van der Waals surface area contributed by atoms with E-state index in [1.807, 2.05) is 71.4 Å². The second-order valence-electron chi connectivity index (χ2n) is 9.68. The van der Waals surface area contributed by atoms with Crippen LogP contribution < -0.4 is 16.4 Å². The first kappa shape index (κ1) is 42.0. The molecule has 0 saturated carbocycles. The van der Waals surface area contributed by atoms with Crippen LogP contribution in [0, 0.1) is 26.7 Å². The number of hydrogen-bond acceptors (Lipinski definition) is 6. The minimum Gasteiger partial charge on any atom is -0.366 e. The van der Waals surface area contributed by atoms with E-state index in [2.05, 4.69) is 103 Å². The number of aldehydes is 1. The number of hydrogen-bond donors (Lipinski definition) is 3. The summed E-state index contributed by atoms with van der Waals surface area (Å²) in [5.74, 6) is 0.940. The molecule has 250 valence electrons. The van der Waals surface area contributed by atoms with E-state index in [1.165, 1.54) is 16.7 Å². The number of carbonyl (C=O) groups excluding carboxylic acids is 1. The van der Waals surface area contributed by atoms with Crippen LogP contribution in [0.15, 0.2) is 98.2 Å². The molecule has 7 nitrogen and oxygen atoms in total. The molecule has 1 atom stereocenters. The molecule has 2 aromatic heterocycles. The minimum atomic E-state index is 0.0377. The van der Waals surface area contributed by atoms with Crippen molar-refractivity contribution in [1.29, 1.82) is 0 Å². The van der Waals surface area contributed by atoms with E-state index in [0.29, 0.717) is 5.56 Å². The van der Waals surface area contributed by atoms with Crippen molar-refractivity contribution in [2.75, 3.05) is 12.4 Å². The lowest BCUT2D eigenvalue weighted by molar-refractivity contribution is 0.112. The van der Waals surface area contributed by atoms with Gasteiger partial charge in [0.1, 0.15) is 12.1 Å². The van der Waals surface area contributed by atoms with Gasteiger partial charge in [-0.05, 0) is 50.1 Å². The molecule has 0 saturated heterocycles. The van der Waals surface area contributed by atoms with Crippen LogP contribution >= 0.6 is 0 Å². The summed E-state index contributed by atoms with van der Waals surface area (Å²) < 4.78 is 1.88. The van der Waals surface area contributed by atoms with Gasteiger partial charge in [0.25, 0.3) is 0 Å². The second-order valence-corrected chi connectivity index (χ2v) is 9.68. The van der Waals surface area contributed by atoms with Crippen molar-refractivity contribution in [3.8, 4) is 24.1 Å². The zero-order valence-electron chi connectivity index (χ0n) is 29.5. The maximum absolute atomic E-state index is 10.3. The number of aromatic nitrogens is 3. The molecule has 3 aromatic carbocycles. The van der Waals surface area contributed by atoms with E-state index >= 15 is 0 Å². The van der Waals surface area contributed by atoms with Crippen molar-refractivity contribution in [2.45, 2.75) is 67.6 Å². The Labute approximate surface area is 283 Å². The molecule has 4 N–H and O–H groups in total. The largest absolute Gasteiger partial charge is 0.366 e. The monoisotopic (exact) mass is 634 g/mol. The Balaban J connectivity index is 0.000000932. The second kappa shape index (κ2) is 24.2. The van der Waals surface area contributed by atoms with Crippen molar-refractivity contribution in [3.05, 3.63) is 132 Å². The number of nitrogens with two attached hydrogens (primary N) is 1. The number of nitrogens with zero attached hydrogens (tertiary/aromatic N) is 3. The normalized spacial score (nSPS) is 9.94. The number of anilines is 1. The Hall–Kier alpha value is -5.03. The molecule has 0 bridgehead atoms. The Morgan fingerprint density at radius 2 is 1.43 bits per heavy atom. The van der Waals surface area contributed by atoms with Gasteiger partial charge < -0.3 is 16.4 Å². The summed E-state index contributed by atoms with van der Waals surface area (Å²) >= 11 is 0. The van der Waals surface area contributed by atoms with Crippen LogP contribution in [0.1, 0.15) is 78.8 Å². The highest BCUT2D eigenvalue weighted by molar-refractivity contribution is 5.74. The molecule has 5 aromatic rings. The standard InChI is InChI=1S/C23H25N5.C9H11NO.2C2H6.C2H4.C2H2/c1-16-6-4-5-7-20(16)21-12-22(28-23(27-21)17(2)13-26-28)25-15-19-10-8-18(9-11-19)14-24-3;1-7(10)9-4-2-8(6-11)3-5-9;4*1-2/h4-13,24-25H,14-15H2,1-3H3;2-7H,10H2,1H3;2*1-2H3;1-2H2;1-2H. The molecule has 0 amide bonds. The number of benzene rings is 3. The Bertz CT molecular complexity index is 1590. The Kier molecular flexibility index (Phi) is 21.6. The lowest BCUT2D eigenvalue weighted by Crippen LogP contribution is -2.08. The molecule has 5 rings (SSSR count). The van der Waals surface area contributed by atoms with E-state index in [9.17, 15) is 4.79 Å². The Morgan fingerprint density at radius 1 is 0.872 bits per heavy atom. The van der Waals surface area contributed by atoms with E-state index in [1.54, 1.807) is 12.1 Å². The summed E-state index contributed by atoms with van der Waals surface area (Å²) in [6, 6.07) is 26.4. The van der Waals surface area contributed by atoms with Crippen LogP contribution in [-0.2, 0) is 13.1 Å². The fraction of sp³-hybridized carbons (Fsp3) is 0.275. The Morgan fingerprint density at radius 3 is 1.94 bits per heavy atom. The first-order chi connectivity index (χ1) is 22.9. The van der Waals surface area contributed by atoms with Gasteiger partial charge in [-0.1, -0.05) is 100 Å². The number of nitrogens with one attached hydrogen (secondary N) is 2. The zero-order valence-corrected chi connectivity index (χ0v) is 29.5. The SMILES string of the molecule is C#C.C=C.CC.CC.CC(N)c1ccc(C=O)cc1.CNCc1ccc(CNc2cc(-c3ccccc3C)nc3c(C)cnn23)cc1. The average Bonchev–Trinajstić information content (AvgIpc) is 3.52. The number of terminal acetylenes is 1. The number of aryl methyl sites for hydroxylation is 2. The summed E-state index contributed by atoms with van der Waals surface area (Å²) in [4.78, 5) is 15.1. The lowest BCUT2D eigenvalue weighted by atomic mass is 10.1. The highest BCUT2D eigenvalue weighted by Gasteiger charge is 2.12. The van der Waals surface area contributed by atoms with E-state index in [0.717, 1.165) is 53.2 Å². The molecule has 2 heterocycles. The van der Waals surface area contributed by atoms with Gasteiger partial charge in [-0.3, -0.25) is 4.79 Å². The minimum absolute atomic E-state index is 0.0377. The zero-order chi connectivity index (χ0) is 35.8. The quantitative estimate of drug-likeness (QED) is 0.0896. The summed E-state index contributed by atoms with van der Waals surface area (Å²) in [5.41, 5.74) is 15.1. The molecular formula is C40H54N6O. The van der Waals surface area contributed by atoms with Crippen molar-refractivity contribution in [3.63, 3.8) is 0 Å². The fourth-order valence-corrected chi connectivity index (χ4v) is 4.25.